The summed E-state index contributed by atoms with van der Waals surface area (Å²) in [5, 5.41) is 3.47. The minimum atomic E-state index is 0.378. The van der Waals surface area contributed by atoms with Gasteiger partial charge in [-0.3, -0.25) is 4.79 Å². The zero-order valence-corrected chi connectivity index (χ0v) is 9.50. The highest BCUT2D eigenvalue weighted by Crippen LogP contribution is 2.14. The molecule has 0 aromatic carbocycles. The van der Waals surface area contributed by atoms with E-state index in [9.17, 15) is 4.79 Å². The third kappa shape index (κ3) is 3.20. The second-order valence-corrected chi connectivity index (χ2v) is 4.80. The van der Waals surface area contributed by atoms with Crippen LogP contribution in [0.2, 0.25) is 0 Å². The van der Waals surface area contributed by atoms with Gasteiger partial charge in [0, 0.05) is 25.6 Å². The maximum absolute atomic E-state index is 11.9. The lowest BCUT2D eigenvalue weighted by Crippen LogP contribution is -2.42. The van der Waals surface area contributed by atoms with Crippen molar-refractivity contribution in [2.24, 2.45) is 0 Å². The molecule has 1 unspecified atom stereocenters. The smallest absolute Gasteiger partial charge is 0.222 e. The van der Waals surface area contributed by atoms with Crippen LogP contribution in [0.4, 0.5) is 0 Å². The number of likely N-dealkylation sites (tertiary alicyclic amines) is 1. The molecule has 0 aliphatic carbocycles. The molecule has 2 saturated heterocycles. The van der Waals surface area contributed by atoms with E-state index in [0.717, 1.165) is 32.5 Å². The highest BCUT2D eigenvalue weighted by Gasteiger charge is 2.21. The molecular weight excluding hydrogens is 188 g/mol. The van der Waals surface area contributed by atoms with Crippen LogP contribution in [0.15, 0.2) is 0 Å². The fraction of sp³-hybridized carbons (Fsp3) is 0.917. The zero-order valence-electron chi connectivity index (χ0n) is 9.50. The fourth-order valence-electron chi connectivity index (χ4n) is 2.59. The Balaban J connectivity index is 1.83. The normalized spacial score (nSPS) is 28.9. The van der Waals surface area contributed by atoms with Crippen molar-refractivity contribution in [3.05, 3.63) is 0 Å². The van der Waals surface area contributed by atoms with E-state index in [1.807, 2.05) is 0 Å². The van der Waals surface area contributed by atoms with Crippen molar-refractivity contribution in [1.82, 2.24) is 10.2 Å². The van der Waals surface area contributed by atoms with Crippen LogP contribution in [0.1, 0.15) is 44.9 Å². The molecule has 0 spiro atoms. The largest absolute Gasteiger partial charge is 0.341 e. The molecule has 0 aromatic heterocycles. The molecule has 2 rings (SSSR count). The standard InChI is InChI=1S/C12H22N2O/c15-12-7-3-1-2-4-9-14(12)10-11-6-5-8-13-11/h11,13H,1-10H2. The summed E-state index contributed by atoms with van der Waals surface area (Å²) in [5.74, 6) is 0.378. The number of carbonyl (C=O) groups is 1. The molecule has 3 heteroatoms. The van der Waals surface area contributed by atoms with Crippen molar-refractivity contribution in [3.8, 4) is 0 Å². The van der Waals surface area contributed by atoms with Gasteiger partial charge in [-0.15, -0.1) is 0 Å². The van der Waals surface area contributed by atoms with Gasteiger partial charge in [0.2, 0.25) is 5.91 Å². The average molecular weight is 210 g/mol. The number of carbonyl (C=O) groups excluding carboxylic acids is 1. The number of nitrogens with zero attached hydrogens (tertiary/aromatic N) is 1. The molecule has 2 heterocycles. The van der Waals surface area contributed by atoms with Gasteiger partial charge < -0.3 is 10.2 Å². The van der Waals surface area contributed by atoms with Gasteiger partial charge in [-0.2, -0.15) is 0 Å². The summed E-state index contributed by atoms with van der Waals surface area (Å²) in [7, 11) is 0. The molecule has 0 aromatic rings. The van der Waals surface area contributed by atoms with Crippen LogP contribution in [0.5, 0.6) is 0 Å². The molecule has 2 fully saturated rings. The molecule has 1 amide bonds. The van der Waals surface area contributed by atoms with E-state index in [4.69, 9.17) is 0 Å². The lowest BCUT2D eigenvalue weighted by molar-refractivity contribution is -0.132. The van der Waals surface area contributed by atoms with Gasteiger partial charge in [0.15, 0.2) is 0 Å². The molecule has 0 radical (unpaired) electrons. The van der Waals surface area contributed by atoms with Crippen LogP contribution in [0, 0.1) is 0 Å². The average Bonchev–Trinajstić information content (AvgIpc) is 2.70. The zero-order chi connectivity index (χ0) is 10.5. The summed E-state index contributed by atoms with van der Waals surface area (Å²) < 4.78 is 0. The Kier molecular flexibility index (Phi) is 4.01. The van der Waals surface area contributed by atoms with Gasteiger partial charge in [-0.25, -0.2) is 0 Å². The van der Waals surface area contributed by atoms with Gasteiger partial charge in [-0.05, 0) is 32.2 Å². The molecule has 1 N–H and O–H groups in total. The van der Waals surface area contributed by atoms with Crippen LogP contribution in [-0.2, 0) is 4.79 Å². The van der Waals surface area contributed by atoms with Crippen LogP contribution in [-0.4, -0.2) is 36.5 Å². The Morgan fingerprint density at radius 2 is 2.07 bits per heavy atom. The second kappa shape index (κ2) is 5.50. The highest BCUT2D eigenvalue weighted by molar-refractivity contribution is 5.76. The third-order valence-corrected chi connectivity index (χ3v) is 3.52. The van der Waals surface area contributed by atoms with Crippen molar-refractivity contribution in [1.29, 1.82) is 0 Å². The number of hydrogen-bond donors (Lipinski definition) is 1. The van der Waals surface area contributed by atoms with Crippen LogP contribution < -0.4 is 5.32 Å². The molecule has 86 valence electrons. The lowest BCUT2D eigenvalue weighted by atomic mass is 10.1. The summed E-state index contributed by atoms with van der Waals surface area (Å²) in [6.45, 7) is 3.06. The topological polar surface area (TPSA) is 32.3 Å². The van der Waals surface area contributed by atoms with Gasteiger partial charge in [0.1, 0.15) is 0 Å². The van der Waals surface area contributed by atoms with E-state index >= 15 is 0 Å². The molecule has 1 atom stereocenters. The summed E-state index contributed by atoms with van der Waals surface area (Å²) in [6, 6.07) is 0.563. The Labute approximate surface area is 92.2 Å². The summed E-state index contributed by atoms with van der Waals surface area (Å²) in [6.07, 6.45) is 8.10. The minimum absolute atomic E-state index is 0.378. The number of hydrogen-bond acceptors (Lipinski definition) is 2. The third-order valence-electron chi connectivity index (χ3n) is 3.52. The van der Waals surface area contributed by atoms with Crippen LogP contribution in [0.3, 0.4) is 0 Å². The first kappa shape index (κ1) is 10.9. The maximum atomic E-state index is 11.9. The SMILES string of the molecule is O=C1CCCCCCN1CC1CCCN1. The highest BCUT2D eigenvalue weighted by atomic mass is 16.2. The van der Waals surface area contributed by atoms with Crippen molar-refractivity contribution < 1.29 is 4.79 Å². The molecule has 0 bridgehead atoms. The predicted molar refractivity (Wildman–Crippen MR) is 60.7 cm³/mol. The number of amides is 1. The molecule has 2 aliphatic heterocycles. The predicted octanol–water partition coefficient (Wildman–Crippen LogP) is 1.53. The molecule has 0 saturated carbocycles. The van der Waals surface area contributed by atoms with Crippen molar-refractivity contribution in [3.63, 3.8) is 0 Å². The Morgan fingerprint density at radius 3 is 2.87 bits per heavy atom. The maximum Gasteiger partial charge on any atom is 0.222 e. The first-order chi connectivity index (χ1) is 7.36. The Morgan fingerprint density at radius 1 is 1.20 bits per heavy atom. The van der Waals surface area contributed by atoms with Crippen molar-refractivity contribution in [2.75, 3.05) is 19.6 Å². The summed E-state index contributed by atoms with van der Waals surface area (Å²) in [5.41, 5.74) is 0. The summed E-state index contributed by atoms with van der Waals surface area (Å²) >= 11 is 0. The van der Waals surface area contributed by atoms with E-state index in [0.29, 0.717) is 11.9 Å². The summed E-state index contributed by atoms with van der Waals surface area (Å²) in [4.78, 5) is 13.9. The Hall–Kier alpha value is -0.570. The van der Waals surface area contributed by atoms with Crippen LogP contribution in [0.25, 0.3) is 0 Å². The monoisotopic (exact) mass is 210 g/mol. The van der Waals surface area contributed by atoms with Gasteiger partial charge in [-0.1, -0.05) is 12.8 Å². The van der Waals surface area contributed by atoms with E-state index in [-0.39, 0.29) is 0 Å². The minimum Gasteiger partial charge on any atom is -0.341 e. The van der Waals surface area contributed by atoms with Crippen LogP contribution >= 0.6 is 0 Å². The second-order valence-electron chi connectivity index (χ2n) is 4.80. The quantitative estimate of drug-likeness (QED) is 0.749. The number of nitrogens with one attached hydrogen (secondary N) is 1. The van der Waals surface area contributed by atoms with E-state index in [1.165, 1.54) is 32.1 Å². The van der Waals surface area contributed by atoms with Crippen molar-refractivity contribution >= 4 is 5.91 Å². The van der Waals surface area contributed by atoms with E-state index < -0.39 is 0 Å². The van der Waals surface area contributed by atoms with Gasteiger partial charge >= 0.3 is 0 Å². The first-order valence-corrected chi connectivity index (χ1v) is 6.37. The van der Waals surface area contributed by atoms with E-state index in [2.05, 4.69) is 10.2 Å². The fourth-order valence-corrected chi connectivity index (χ4v) is 2.59. The van der Waals surface area contributed by atoms with Crippen molar-refractivity contribution in [2.45, 2.75) is 51.0 Å². The van der Waals surface area contributed by atoms with Gasteiger partial charge in [0.05, 0.1) is 0 Å². The molecule has 15 heavy (non-hydrogen) atoms. The lowest BCUT2D eigenvalue weighted by Gasteiger charge is -2.27. The molecular formula is C12H22N2O. The van der Waals surface area contributed by atoms with E-state index in [1.54, 1.807) is 0 Å². The molecule has 3 nitrogen and oxygen atoms in total. The Bertz CT molecular complexity index is 212. The first-order valence-electron chi connectivity index (χ1n) is 6.37. The number of rotatable bonds is 2. The van der Waals surface area contributed by atoms with Gasteiger partial charge in [0.25, 0.3) is 0 Å². The molecule has 2 aliphatic rings.